The molecule has 0 fully saturated rings. The summed E-state index contributed by atoms with van der Waals surface area (Å²) in [5.41, 5.74) is 2.47. The lowest BCUT2D eigenvalue weighted by atomic mass is 10.1. The molecule has 0 saturated heterocycles. The van der Waals surface area contributed by atoms with Gasteiger partial charge < -0.3 is 9.88 Å². The number of carbonyl (C=O) groups excluding carboxylic acids is 1. The van der Waals surface area contributed by atoms with Crippen LogP contribution in [0.5, 0.6) is 0 Å². The highest BCUT2D eigenvalue weighted by atomic mass is 32.1. The van der Waals surface area contributed by atoms with Crippen molar-refractivity contribution in [3.05, 3.63) is 57.2 Å². The third-order valence-corrected chi connectivity index (χ3v) is 7.24. The van der Waals surface area contributed by atoms with Crippen LogP contribution in [0.4, 0.5) is 10.1 Å². The van der Waals surface area contributed by atoms with Gasteiger partial charge in [0.15, 0.2) is 5.82 Å². The van der Waals surface area contributed by atoms with E-state index in [1.54, 1.807) is 30.4 Å². The van der Waals surface area contributed by atoms with Crippen LogP contribution in [0.15, 0.2) is 35.0 Å². The number of rotatable bonds is 4. The average molecular weight is 454 g/mol. The number of anilines is 1. The van der Waals surface area contributed by atoms with Crippen LogP contribution in [0.3, 0.4) is 0 Å². The van der Waals surface area contributed by atoms with Crippen LogP contribution in [-0.4, -0.2) is 25.7 Å². The highest BCUT2D eigenvalue weighted by molar-refractivity contribution is 7.17. The maximum atomic E-state index is 14.6. The van der Waals surface area contributed by atoms with Crippen molar-refractivity contribution < 1.29 is 9.18 Å². The molecule has 5 rings (SSSR count). The normalized spacial score (nSPS) is 13.6. The van der Waals surface area contributed by atoms with Gasteiger partial charge >= 0.3 is 0 Å². The molecule has 0 radical (unpaired) electrons. The molecule has 0 bridgehead atoms. The van der Waals surface area contributed by atoms with E-state index in [2.05, 4.69) is 25.1 Å². The quantitative estimate of drug-likeness (QED) is 0.439. The van der Waals surface area contributed by atoms with Crippen LogP contribution >= 0.6 is 22.7 Å². The van der Waals surface area contributed by atoms with Crippen molar-refractivity contribution in [1.29, 1.82) is 0 Å². The number of fused-ring (bicyclic) bond motifs is 1. The second-order valence-corrected chi connectivity index (χ2v) is 9.28. The Balaban J connectivity index is 1.43. The van der Waals surface area contributed by atoms with Gasteiger partial charge in [-0.2, -0.15) is 11.3 Å². The molecule has 0 unspecified atom stereocenters. The Morgan fingerprint density at radius 2 is 2.06 bits per heavy atom. The van der Waals surface area contributed by atoms with E-state index in [1.807, 2.05) is 16.8 Å². The SMILES string of the molecule is Cc1nc(-c2ccsc2)sc1C(=O)Nc1cc(-c2nnc3n2CCCCC3)ccc1F. The zero-order valence-electron chi connectivity index (χ0n) is 16.9. The monoisotopic (exact) mass is 453 g/mol. The molecule has 3 aromatic heterocycles. The summed E-state index contributed by atoms with van der Waals surface area (Å²) in [7, 11) is 0. The van der Waals surface area contributed by atoms with E-state index in [-0.39, 0.29) is 11.6 Å². The minimum absolute atomic E-state index is 0.123. The smallest absolute Gasteiger partial charge is 0.267 e. The zero-order valence-corrected chi connectivity index (χ0v) is 18.5. The standard InChI is InChI=1S/C22H20FN5OS2/c1-13-19(31-22(24-13)15-8-10-30-12-15)21(29)25-17-11-14(6-7-16(17)23)20-27-26-18-5-3-2-4-9-28(18)20/h6-8,10-12H,2-5,9H2,1H3,(H,25,29). The lowest BCUT2D eigenvalue weighted by Gasteiger charge is -2.10. The summed E-state index contributed by atoms with van der Waals surface area (Å²) in [6.45, 7) is 2.64. The van der Waals surface area contributed by atoms with E-state index in [1.165, 1.54) is 17.4 Å². The number of amides is 1. The summed E-state index contributed by atoms with van der Waals surface area (Å²) in [4.78, 5) is 17.9. The second-order valence-electron chi connectivity index (χ2n) is 7.50. The fourth-order valence-corrected chi connectivity index (χ4v) is 5.43. The van der Waals surface area contributed by atoms with E-state index in [0.717, 1.165) is 54.2 Å². The maximum Gasteiger partial charge on any atom is 0.267 e. The number of hydrogen-bond donors (Lipinski definition) is 1. The number of hydrogen-bond acceptors (Lipinski definition) is 6. The van der Waals surface area contributed by atoms with Crippen molar-refractivity contribution in [3.8, 4) is 22.0 Å². The first-order valence-electron chi connectivity index (χ1n) is 10.1. The third-order valence-electron chi connectivity index (χ3n) is 5.35. The highest BCUT2D eigenvalue weighted by Gasteiger charge is 2.20. The van der Waals surface area contributed by atoms with Crippen molar-refractivity contribution in [2.24, 2.45) is 0 Å². The van der Waals surface area contributed by atoms with Gasteiger partial charge in [0.25, 0.3) is 5.91 Å². The lowest BCUT2D eigenvalue weighted by Crippen LogP contribution is -2.13. The molecule has 158 valence electrons. The van der Waals surface area contributed by atoms with Gasteiger partial charge in [-0.05, 0) is 49.4 Å². The molecule has 9 heteroatoms. The molecule has 1 aromatic carbocycles. The molecule has 0 spiro atoms. The van der Waals surface area contributed by atoms with Gasteiger partial charge in [-0.15, -0.1) is 21.5 Å². The molecule has 1 aliphatic heterocycles. The fourth-order valence-electron chi connectivity index (χ4n) is 3.75. The molecule has 31 heavy (non-hydrogen) atoms. The summed E-state index contributed by atoms with van der Waals surface area (Å²) >= 11 is 2.89. The topological polar surface area (TPSA) is 72.7 Å². The van der Waals surface area contributed by atoms with Crippen LogP contribution in [0.25, 0.3) is 22.0 Å². The predicted octanol–water partition coefficient (Wildman–Crippen LogP) is 5.56. The molecule has 0 aliphatic carbocycles. The van der Waals surface area contributed by atoms with E-state index >= 15 is 0 Å². The Bertz CT molecular complexity index is 1250. The molecule has 1 aliphatic rings. The van der Waals surface area contributed by atoms with Gasteiger partial charge in [0, 0.05) is 29.5 Å². The minimum Gasteiger partial charge on any atom is -0.319 e. The number of thiophene rings is 1. The summed E-state index contributed by atoms with van der Waals surface area (Å²) in [5, 5.41) is 16.1. The fraction of sp³-hybridized carbons (Fsp3) is 0.273. The third kappa shape index (κ3) is 3.90. The van der Waals surface area contributed by atoms with Crippen LogP contribution in [0.1, 0.15) is 40.5 Å². The molecule has 1 amide bonds. The number of benzene rings is 1. The van der Waals surface area contributed by atoms with Crippen LogP contribution < -0.4 is 5.32 Å². The predicted molar refractivity (Wildman–Crippen MR) is 121 cm³/mol. The minimum atomic E-state index is -0.493. The van der Waals surface area contributed by atoms with Crippen LogP contribution in [0, 0.1) is 12.7 Å². The number of nitrogens with one attached hydrogen (secondary N) is 1. The largest absolute Gasteiger partial charge is 0.319 e. The van der Waals surface area contributed by atoms with Gasteiger partial charge in [0.2, 0.25) is 0 Å². The van der Waals surface area contributed by atoms with E-state index in [4.69, 9.17) is 0 Å². The van der Waals surface area contributed by atoms with Crippen molar-refractivity contribution in [1.82, 2.24) is 19.7 Å². The first-order chi connectivity index (χ1) is 15.1. The van der Waals surface area contributed by atoms with E-state index < -0.39 is 5.82 Å². The Morgan fingerprint density at radius 3 is 2.90 bits per heavy atom. The number of halogens is 1. The summed E-state index contributed by atoms with van der Waals surface area (Å²) in [6.07, 6.45) is 4.23. The van der Waals surface area contributed by atoms with Crippen molar-refractivity contribution in [3.63, 3.8) is 0 Å². The highest BCUT2D eigenvalue weighted by Crippen LogP contribution is 2.31. The molecular formula is C22H20FN5OS2. The van der Waals surface area contributed by atoms with E-state index in [9.17, 15) is 9.18 Å². The molecule has 0 saturated carbocycles. The molecule has 1 N–H and O–H groups in total. The van der Waals surface area contributed by atoms with Gasteiger partial charge in [0.1, 0.15) is 21.5 Å². The maximum absolute atomic E-state index is 14.6. The lowest BCUT2D eigenvalue weighted by molar-refractivity contribution is 0.102. The number of aromatic nitrogens is 4. The molecule has 6 nitrogen and oxygen atoms in total. The number of carbonyl (C=O) groups is 1. The average Bonchev–Trinajstić information content (AvgIpc) is 3.47. The molecule has 4 aromatic rings. The summed E-state index contributed by atoms with van der Waals surface area (Å²) in [5.74, 6) is 0.810. The van der Waals surface area contributed by atoms with Gasteiger partial charge in [-0.1, -0.05) is 6.42 Å². The Kier molecular flexibility index (Phi) is 5.37. The zero-order chi connectivity index (χ0) is 21.4. The van der Waals surface area contributed by atoms with Crippen molar-refractivity contribution >= 4 is 34.3 Å². The number of nitrogens with zero attached hydrogens (tertiary/aromatic N) is 4. The van der Waals surface area contributed by atoms with Gasteiger partial charge in [0.05, 0.1) is 11.4 Å². The Morgan fingerprint density at radius 1 is 1.16 bits per heavy atom. The van der Waals surface area contributed by atoms with Crippen molar-refractivity contribution in [2.45, 2.75) is 39.2 Å². The van der Waals surface area contributed by atoms with Crippen LogP contribution in [0.2, 0.25) is 0 Å². The van der Waals surface area contributed by atoms with Crippen LogP contribution in [-0.2, 0) is 13.0 Å². The number of thiazole rings is 1. The Labute approximate surface area is 186 Å². The molecular weight excluding hydrogens is 433 g/mol. The van der Waals surface area contributed by atoms with Crippen molar-refractivity contribution in [2.75, 3.05) is 5.32 Å². The Hall–Kier alpha value is -2.91. The summed E-state index contributed by atoms with van der Waals surface area (Å²) < 4.78 is 16.7. The first-order valence-corrected chi connectivity index (χ1v) is 11.9. The molecule has 4 heterocycles. The molecule has 0 atom stereocenters. The first kappa shape index (κ1) is 20.0. The second kappa shape index (κ2) is 8.32. The van der Waals surface area contributed by atoms with Gasteiger partial charge in [-0.3, -0.25) is 4.79 Å². The van der Waals surface area contributed by atoms with E-state index in [0.29, 0.717) is 16.4 Å². The number of aryl methyl sites for hydroxylation is 2. The summed E-state index contributed by atoms with van der Waals surface area (Å²) in [6, 6.07) is 6.64. The van der Waals surface area contributed by atoms with Gasteiger partial charge in [-0.25, -0.2) is 9.37 Å².